The molecule has 3 aromatic rings. The highest BCUT2D eigenvalue weighted by Gasteiger charge is 2.19. The van der Waals surface area contributed by atoms with E-state index in [1.165, 1.54) is 17.4 Å². The summed E-state index contributed by atoms with van der Waals surface area (Å²) in [6, 6.07) is 6.80. The molecule has 0 aliphatic carbocycles. The van der Waals surface area contributed by atoms with Crippen molar-refractivity contribution in [3.8, 4) is 11.5 Å². The van der Waals surface area contributed by atoms with Gasteiger partial charge in [0, 0.05) is 13.7 Å². The molecule has 0 unspecified atom stereocenters. The smallest absolute Gasteiger partial charge is 0.294 e. The molecule has 140 valence electrons. The minimum Gasteiger partial charge on any atom is -0.495 e. The Labute approximate surface area is 159 Å². The Balaban J connectivity index is 2.32. The van der Waals surface area contributed by atoms with Gasteiger partial charge in [0.05, 0.1) is 20.8 Å². The lowest BCUT2D eigenvalue weighted by molar-refractivity contribution is 0.187. The fraction of sp³-hybridized carbons (Fsp3) is 0.312. The number of rotatable bonds is 7. The molecule has 26 heavy (non-hydrogen) atoms. The van der Waals surface area contributed by atoms with Gasteiger partial charge in [-0.15, -0.1) is 15.7 Å². The molecule has 1 aromatic carbocycles. The third kappa shape index (κ3) is 3.50. The Bertz CT molecular complexity index is 1070. The summed E-state index contributed by atoms with van der Waals surface area (Å²) in [5, 5.41) is 1.71. The summed E-state index contributed by atoms with van der Waals surface area (Å²) in [6.07, 6.45) is 0. The highest BCUT2D eigenvalue weighted by atomic mass is 32.2. The second-order valence-corrected chi connectivity index (χ2v) is 8.93. The predicted octanol–water partition coefficient (Wildman–Crippen LogP) is 2.72. The second-order valence-electron chi connectivity index (χ2n) is 5.18. The zero-order valence-corrected chi connectivity index (χ0v) is 16.9. The fourth-order valence-electron chi connectivity index (χ4n) is 2.47. The molecule has 0 saturated heterocycles. The lowest BCUT2D eigenvalue weighted by Crippen LogP contribution is -2.19. The third-order valence-corrected chi connectivity index (χ3v) is 7.51. The maximum Gasteiger partial charge on any atom is 0.294 e. The molecule has 0 aliphatic heterocycles. The molecular weight excluding hydrogens is 396 g/mol. The molecule has 0 saturated carbocycles. The van der Waals surface area contributed by atoms with Crippen molar-refractivity contribution in [3.05, 3.63) is 34.4 Å². The maximum absolute atomic E-state index is 12.6. The summed E-state index contributed by atoms with van der Waals surface area (Å²) in [4.78, 5) is 0.341. The van der Waals surface area contributed by atoms with Crippen LogP contribution < -0.4 is 14.3 Å². The van der Waals surface area contributed by atoms with Crippen LogP contribution >= 0.6 is 22.7 Å². The van der Waals surface area contributed by atoms with Crippen molar-refractivity contribution in [3.63, 3.8) is 0 Å². The van der Waals surface area contributed by atoms with Crippen LogP contribution in [0.5, 0.6) is 11.5 Å². The normalized spacial score (nSPS) is 12.7. The van der Waals surface area contributed by atoms with E-state index in [1.54, 1.807) is 49.5 Å². The van der Waals surface area contributed by atoms with Crippen LogP contribution in [0.15, 0.2) is 38.3 Å². The molecule has 2 heterocycles. The Kier molecular flexibility index (Phi) is 5.66. The van der Waals surface area contributed by atoms with Crippen molar-refractivity contribution in [2.75, 3.05) is 27.9 Å². The number of benzene rings is 1. The molecule has 0 N–H and O–H groups in total. The molecule has 10 heteroatoms. The number of hydrogen-bond acceptors (Lipinski definition) is 7. The highest BCUT2D eigenvalue weighted by molar-refractivity contribution is 7.92. The second kappa shape index (κ2) is 7.78. The van der Waals surface area contributed by atoms with Crippen LogP contribution in [-0.4, -0.2) is 40.9 Å². The Hall–Kier alpha value is -1.88. The van der Waals surface area contributed by atoms with E-state index in [1.807, 2.05) is 0 Å². The van der Waals surface area contributed by atoms with Crippen LogP contribution in [0.25, 0.3) is 10.2 Å². The number of thiazole rings is 1. The Morgan fingerprint density at radius 2 is 1.85 bits per heavy atom. The molecule has 7 nitrogen and oxygen atoms in total. The number of fused-ring (bicyclic) bond motifs is 1. The summed E-state index contributed by atoms with van der Waals surface area (Å²) in [7, 11) is 0.933. The average Bonchev–Trinajstić information content (AvgIpc) is 3.27. The van der Waals surface area contributed by atoms with Crippen LogP contribution in [0.2, 0.25) is 0 Å². The summed E-state index contributed by atoms with van der Waals surface area (Å²) in [5.41, 5.74) is 0.731. The van der Waals surface area contributed by atoms with Gasteiger partial charge in [0.1, 0.15) is 25.9 Å². The number of nitrogens with zero attached hydrogens (tertiary/aromatic N) is 2. The SMILES string of the molecule is COCCn1/c(=N/S(=O)(=O)c2cccs2)sc2c(OC)ccc(OC)c21. The van der Waals surface area contributed by atoms with E-state index >= 15 is 0 Å². The summed E-state index contributed by atoms with van der Waals surface area (Å²) >= 11 is 2.38. The lowest BCUT2D eigenvalue weighted by Gasteiger charge is -2.09. The first kappa shape index (κ1) is 18.9. The topological polar surface area (TPSA) is 79.1 Å². The predicted molar refractivity (Wildman–Crippen MR) is 102 cm³/mol. The van der Waals surface area contributed by atoms with Crippen LogP contribution in [0.3, 0.4) is 0 Å². The number of methoxy groups -OCH3 is 3. The number of hydrogen-bond donors (Lipinski definition) is 0. The van der Waals surface area contributed by atoms with Crippen molar-refractivity contribution in [2.24, 2.45) is 4.40 Å². The van der Waals surface area contributed by atoms with E-state index in [-0.39, 0.29) is 4.21 Å². The van der Waals surface area contributed by atoms with Crippen molar-refractivity contribution < 1.29 is 22.6 Å². The zero-order valence-electron chi connectivity index (χ0n) is 14.5. The van der Waals surface area contributed by atoms with Crippen LogP contribution in [0, 0.1) is 0 Å². The van der Waals surface area contributed by atoms with E-state index in [0.29, 0.717) is 29.5 Å². The number of sulfonamides is 1. The minimum absolute atomic E-state index is 0.201. The molecule has 2 aromatic heterocycles. The fourth-order valence-corrected chi connectivity index (χ4v) is 5.81. The van der Waals surface area contributed by atoms with Crippen LogP contribution in [0.4, 0.5) is 0 Å². The van der Waals surface area contributed by atoms with Crippen molar-refractivity contribution in [1.82, 2.24) is 4.57 Å². The van der Waals surface area contributed by atoms with Crippen molar-refractivity contribution >= 4 is 42.9 Å². The molecule has 0 radical (unpaired) electrons. The van der Waals surface area contributed by atoms with E-state index in [2.05, 4.69) is 4.40 Å². The summed E-state index contributed by atoms with van der Waals surface area (Å²) < 4.78 is 48.1. The molecule has 0 atom stereocenters. The van der Waals surface area contributed by atoms with Gasteiger partial charge in [-0.25, -0.2) is 0 Å². The Morgan fingerprint density at radius 3 is 2.46 bits per heavy atom. The monoisotopic (exact) mass is 414 g/mol. The number of thiophene rings is 1. The summed E-state index contributed by atoms with van der Waals surface area (Å²) in [5.74, 6) is 1.25. The van der Waals surface area contributed by atoms with Crippen LogP contribution in [0.1, 0.15) is 0 Å². The molecule has 0 spiro atoms. The van der Waals surface area contributed by atoms with Crippen molar-refractivity contribution in [2.45, 2.75) is 10.8 Å². The van der Waals surface area contributed by atoms with Gasteiger partial charge in [0.15, 0.2) is 0 Å². The van der Waals surface area contributed by atoms with Gasteiger partial charge in [-0.1, -0.05) is 17.4 Å². The van der Waals surface area contributed by atoms with Gasteiger partial charge in [0.2, 0.25) is 4.80 Å². The first-order chi connectivity index (χ1) is 12.5. The first-order valence-electron chi connectivity index (χ1n) is 7.59. The molecular formula is C16H18N2O5S3. The molecule has 0 aliphatic rings. The van der Waals surface area contributed by atoms with Gasteiger partial charge >= 0.3 is 0 Å². The Morgan fingerprint density at radius 1 is 1.12 bits per heavy atom. The number of ether oxygens (including phenoxy) is 3. The summed E-state index contributed by atoms with van der Waals surface area (Å²) in [6.45, 7) is 0.831. The van der Waals surface area contributed by atoms with Crippen molar-refractivity contribution in [1.29, 1.82) is 0 Å². The minimum atomic E-state index is -3.79. The highest BCUT2D eigenvalue weighted by Crippen LogP contribution is 2.35. The largest absolute Gasteiger partial charge is 0.495 e. The van der Waals surface area contributed by atoms with Gasteiger partial charge in [-0.3, -0.25) is 0 Å². The molecule has 0 amide bonds. The first-order valence-corrected chi connectivity index (χ1v) is 10.7. The quantitative estimate of drug-likeness (QED) is 0.594. The van der Waals surface area contributed by atoms with Gasteiger partial charge in [-0.2, -0.15) is 8.42 Å². The number of aromatic nitrogens is 1. The molecule has 3 rings (SSSR count). The van der Waals surface area contributed by atoms with E-state index < -0.39 is 10.0 Å². The van der Waals surface area contributed by atoms with Gasteiger partial charge in [0.25, 0.3) is 10.0 Å². The van der Waals surface area contributed by atoms with Gasteiger partial charge < -0.3 is 18.8 Å². The van der Waals surface area contributed by atoms with Crippen LogP contribution in [-0.2, 0) is 21.3 Å². The standard InChI is InChI=1S/C16H18N2O5S3/c1-21-9-8-18-14-11(22-2)6-7-12(23-3)15(14)25-16(18)17-26(19,20)13-5-4-10-24-13/h4-7,10H,8-9H2,1-3H3/b17-16-. The third-order valence-electron chi connectivity index (χ3n) is 3.66. The average molecular weight is 415 g/mol. The molecule has 0 bridgehead atoms. The maximum atomic E-state index is 12.6. The van der Waals surface area contributed by atoms with E-state index in [0.717, 1.165) is 21.6 Å². The van der Waals surface area contributed by atoms with E-state index in [9.17, 15) is 8.42 Å². The zero-order chi connectivity index (χ0) is 18.7. The van der Waals surface area contributed by atoms with E-state index in [4.69, 9.17) is 14.2 Å². The van der Waals surface area contributed by atoms with Gasteiger partial charge in [-0.05, 0) is 23.6 Å². The lowest BCUT2D eigenvalue weighted by atomic mass is 10.3. The molecule has 0 fully saturated rings.